The van der Waals surface area contributed by atoms with E-state index < -0.39 is 0 Å². The zero-order chi connectivity index (χ0) is 12.8. The second kappa shape index (κ2) is 6.77. The lowest BCUT2D eigenvalue weighted by Gasteiger charge is -2.09. The van der Waals surface area contributed by atoms with Gasteiger partial charge < -0.3 is 10.1 Å². The van der Waals surface area contributed by atoms with Crippen LogP contribution in [0, 0.1) is 17.2 Å². The molecule has 18 heavy (non-hydrogen) atoms. The summed E-state index contributed by atoms with van der Waals surface area (Å²) in [5.41, 5.74) is 1.69. The number of hydrogen-bond acceptors (Lipinski definition) is 3. The number of rotatable bonds is 7. The van der Waals surface area contributed by atoms with Crippen molar-refractivity contribution in [1.29, 1.82) is 5.26 Å². The van der Waals surface area contributed by atoms with Gasteiger partial charge in [0.25, 0.3) is 0 Å². The molecule has 1 saturated carbocycles. The van der Waals surface area contributed by atoms with Crippen molar-refractivity contribution in [3.05, 3.63) is 28.2 Å². The molecule has 0 amide bonds. The number of halogens is 1. The van der Waals surface area contributed by atoms with E-state index in [-0.39, 0.29) is 0 Å². The predicted octanol–water partition coefficient (Wildman–Crippen LogP) is 3.55. The summed E-state index contributed by atoms with van der Waals surface area (Å²) in [6.45, 7) is 2.63. The standard InChI is InChI=1S/C14H17BrN2O/c15-13-8-12(9-16)4-5-14(13)17-6-1-7-18-10-11-2-3-11/h4-5,8,11,17H,1-3,6-7,10H2. The van der Waals surface area contributed by atoms with E-state index in [0.717, 1.165) is 42.3 Å². The molecular formula is C14H17BrN2O. The van der Waals surface area contributed by atoms with Gasteiger partial charge in [0.1, 0.15) is 0 Å². The van der Waals surface area contributed by atoms with Crippen LogP contribution >= 0.6 is 15.9 Å². The zero-order valence-corrected chi connectivity index (χ0v) is 11.9. The first-order valence-electron chi connectivity index (χ1n) is 6.31. The minimum atomic E-state index is 0.667. The third-order valence-electron chi connectivity index (χ3n) is 2.93. The molecule has 0 saturated heterocycles. The van der Waals surface area contributed by atoms with Crippen molar-refractivity contribution in [1.82, 2.24) is 0 Å². The van der Waals surface area contributed by atoms with Crippen molar-refractivity contribution >= 4 is 21.6 Å². The van der Waals surface area contributed by atoms with E-state index in [2.05, 4.69) is 27.3 Å². The number of hydrogen-bond donors (Lipinski definition) is 1. The Morgan fingerprint density at radius 2 is 2.28 bits per heavy atom. The first-order valence-corrected chi connectivity index (χ1v) is 7.10. The van der Waals surface area contributed by atoms with Crippen LogP contribution in [0.15, 0.2) is 22.7 Å². The SMILES string of the molecule is N#Cc1ccc(NCCCOCC2CC2)c(Br)c1. The summed E-state index contributed by atoms with van der Waals surface area (Å²) >= 11 is 3.45. The van der Waals surface area contributed by atoms with Gasteiger partial charge in [0, 0.05) is 29.9 Å². The largest absolute Gasteiger partial charge is 0.384 e. The Hall–Kier alpha value is -1.05. The molecule has 0 aliphatic heterocycles. The quantitative estimate of drug-likeness (QED) is 0.783. The molecule has 1 N–H and O–H groups in total. The Morgan fingerprint density at radius 3 is 2.94 bits per heavy atom. The van der Waals surface area contributed by atoms with Crippen molar-refractivity contribution in [3.63, 3.8) is 0 Å². The van der Waals surface area contributed by atoms with Gasteiger partial charge in [-0.15, -0.1) is 0 Å². The predicted molar refractivity (Wildman–Crippen MR) is 75.5 cm³/mol. The van der Waals surface area contributed by atoms with Crippen LogP contribution < -0.4 is 5.32 Å². The van der Waals surface area contributed by atoms with Crippen LogP contribution in [-0.2, 0) is 4.74 Å². The first kappa shape index (κ1) is 13.4. The lowest BCUT2D eigenvalue weighted by molar-refractivity contribution is 0.124. The summed E-state index contributed by atoms with van der Waals surface area (Å²) in [5, 5.41) is 12.1. The van der Waals surface area contributed by atoms with Crippen LogP contribution in [0.3, 0.4) is 0 Å². The number of nitrogens with one attached hydrogen (secondary N) is 1. The average molecular weight is 309 g/mol. The lowest BCUT2D eigenvalue weighted by Crippen LogP contribution is -2.07. The van der Waals surface area contributed by atoms with Gasteiger partial charge in [-0.05, 0) is 59.3 Å². The molecular weight excluding hydrogens is 292 g/mol. The summed E-state index contributed by atoms with van der Waals surface area (Å²) in [5.74, 6) is 0.839. The molecule has 4 heteroatoms. The van der Waals surface area contributed by atoms with E-state index in [1.54, 1.807) is 0 Å². The minimum absolute atomic E-state index is 0.667. The van der Waals surface area contributed by atoms with Crippen LogP contribution in [0.5, 0.6) is 0 Å². The molecule has 1 fully saturated rings. The van der Waals surface area contributed by atoms with E-state index in [1.165, 1.54) is 12.8 Å². The van der Waals surface area contributed by atoms with Gasteiger partial charge in [-0.3, -0.25) is 0 Å². The van der Waals surface area contributed by atoms with E-state index >= 15 is 0 Å². The van der Waals surface area contributed by atoms with Crippen molar-refractivity contribution < 1.29 is 4.74 Å². The van der Waals surface area contributed by atoms with Gasteiger partial charge in [0.15, 0.2) is 0 Å². The van der Waals surface area contributed by atoms with E-state index in [9.17, 15) is 0 Å². The van der Waals surface area contributed by atoms with Crippen molar-refractivity contribution in [2.45, 2.75) is 19.3 Å². The molecule has 0 unspecified atom stereocenters. The van der Waals surface area contributed by atoms with Crippen LogP contribution in [0.25, 0.3) is 0 Å². The molecule has 1 aromatic carbocycles. The van der Waals surface area contributed by atoms with E-state index in [0.29, 0.717) is 5.56 Å². The molecule has 0 heterocycles. The monoisotopic (exact) mass is 308 g/mol. The first-order chi connectivity index (χ1) is 8.79. The molecule has 96 valence electrons. The normalized spacial score (nSPS) is 14.2. The molecule has 0 spiro atoms. The molecule has 0 aromatic heterocycles. The molecule has 1 aliphatic carbocycles. The molecule has 0 radical (unpaired) electrons. The fraction of sp³-hybridized carbons (Fsp3) is 0.500. The highest BCUT2D eigenvalue weighted by molar-refractivity contribution is 9.10. The van der Waals surface area contributed by atoms with Crippen LogP contribution in [0.1, 0.15) is 24.8 Å². The Morgan fingerprint density at radius 1 is 1.44 bits per heavy atom. The summed E-state index contributed by atoms with van der Waals surface area (Å²) < 4.78 is 6.50. The van der Waals surface area contributed by atoms with Crippen molar-refractivity contribution in [2.24, 2.45) is 5.92 Å². The molecule has 3 nitrogen and oxygen atoms in total. The Balaban J connectivity index is 1.64. The topological polar surface area (TPSA) is 45.0 Å². The Kier molecular flexibility index (Phi) is 5.03. The van der Waals surface area contributed by atoms with E-state index in [1.807, 2.05) is 18.2 Å². The summed E-state index contributed by atoms with van der Waals surface area (Å²) in [7, 11) is 0. The molecule has 0 bridgehead atoms. The number of anilines is 1. The van der Waals surface area contributed by atoms with Crippen molar-refractivity contribution in [3.8, 4) is 6.07 Å². The third-order valence-corrected chi connectivity index (χ3v) is 3.59. The number of nitriles is 1. The summed E-state index contributed by atoms with van der Waals surface area (Å²) in [6, 6.07) is 7.68. The van der Waals surface area contributed by atoms with Gasteiger partial charge in [-0.2, -0.15) is 5.26 Å². The maximum absolute atomic E-state index is 8.77. The highest BCUT2D eigenvalue weighted by Gasteiger charge is 2.20. The van der Waals surface area contributed by atoms with Gasteiger partial charge >= 0.3 is 0 Å². The molecule has 1 aliphatic rings. The van der Waals surface area contributed by atoms with Crippen LogP contribution in [0.4, 0.5) is 5.69 Å². The van der Waals surface area contributed by atoms with Crippen LogP contribution in [0.2, 0.25) is 0 Å². The Labute approximate surface area is 116 Å². The second-order valence-electron chi connectivity index (χ2n) is 4.61. The van der Waals surface area contributed by atoms with Crippen LogP contribution in [-0.4, -0.2) is 19.8 Å². The maximum Gasteiger partial charge on any atom is 0.0992 e. The number of benzene rings is 1. The molecule has 2 rings (SSSR count). The van der Waals surface area contributed by atoms with Crippen molar-refractivity contribution in [2.75, 3.05) is 25.1 Å². The lowest BCUT2D eigenvalue weighted by atomic mass is 10.2. The molecule has 1 aromatic rings. The minimum Gasteiger partial charge on any atom is -0.384 e. The smallest absolute Gasteiger partial charge is 0.0992 e. The highest BCUT2D eigenvalue weighted by atomic mass is 79.9. The third kappa shape index (κ3) is 4.32. The van der Waals surface area contributed by atoms with Gasteiger partial charge in [-0.1, -0.05) is 0 Å². The molecule has 0 atom stereocenters. The van der Waals surface area contributed by atoms with E-state index in [4.69, 9.17) is 10.00 Å². The average Bonchev–Trinajstić information content (AvgIpc) is 3.19. The fourth-order valence-electron chi connectivity index (χ4n) is 1.66. The number of ether oxygens (including phenoxy) is 1. The fourth-order valence-corrected chi connectivity index (χ4v) is 2.18. The zero-order valence-electron chi connectivity index (χ0n) is 10.3. The second-order valence-corrected chi connectivity index (χ2v) is 5.46. The summed E-state index contributed by atoms with van der Waals surface area (Å²) in [4.78, 5) is 0. The van der Waals surface area contributed by atoms with Gasteiger partial charge in [-0.25, -0.2) is 0 Å². The van der Waals surface area contributed by atoms with Gasteiger partial charge in [0.05, 0.1) is 11.6 Å². The van der Waals surface area contributed by atoms with Gasteiger partial charge in [0.2, 0.25) is 0 Å². The highest BCUT2D eigenvalue weighted by Crippen LogP contribution is 2.28. The number of nitrogens with zero attached hydrogens (tertiary/aromatic N) is 1. The summed E-state index contributed by atoms with van der Waals surface area (Å²) in [6.07, 6.45) is 3.69. The maximum atomic E-state index is 8.77. The Bertz CT molecular complexity index is 438.